The molecule has 0 heterocycles. The second kappa shape index (κ2) is 10.9. The van der Waals surface area contributed by atoms with Crippen molar-refractivity contribution in [3.8, 4) is 5.75 Å². The van der Waals surface area contributed by atoms with Crippen molar-refractivity contribution in [3.63, 3.8) is 0 Å². The SMILES string of the molecule is CC(C)Oc1cccc(CCCNC(=O)CSCc2ccccc2F)c1. The van der Waals surface area contributed by atoms with Gasteiger partial charge in [-0.05, 0) is 56.0 Å². The number of benzene rings is 2. The molecule has 0 spiro atoms. The van der Waals surface area contributed by atoms with Crippen LogP contribution in [0.15, 0.2) is 48.5 Å². The van der Waals surface area contributed by atoms with Gasteiger partial charge in [0, 0.05) is 12.3 Å². The number of aryl methyl sites for hydroxylation is 1. The molecule has 0 aromatic heterocycles. The summed E-state index contributed by atoms with van der Waals surface area (Å²) in [6.07, 6.45) is 1.92. The van der Waals surface area contributed by atoms with E-state index in [0.717, 1.165) is 18.6 Å². The summed E-state index contributed by atoms with van der Waals surface area (Å²) in [5.74, 6) is 1.49. The Balaban J connectivity index is 1.62. The molecule has 1 amide bonds. The van der Waals surface area contributed by atoms with Gasteiger partial charge < -0.3 is 10.1 Å². The van der Waals surface area contributed by atoms with Crippen molar-refractivity contribution in [3.05, 3.63) is 65.5 Å². The van der Waals surface area contributed by atoms with Crippen LogP contribution >= 0.6 is 11.8 Å². The Bertz CT molecular complexity index is 706. The molecule has 140 valence electrons. The van der Waals surface area contributed by atoms with E-state index in [9.17, 15) is 9.18 Å². The average Bonchev–Trinajstić information content (AvgIpc) is 2.60. The molecule has 0 saturated heterocycles. The zero-order valence-electron chi connectivity index (χ0n) is 15.3. The van der Waals surface area contributed by atoms with E-state index in [1.54, 1.807) is 18.2 Å². The number of nitrogens with one attached hydrogen (secondary N) is 1. The molecule has 2 aromatic rings. The van der Waals surface area contributed by atoms with Crippen LogP contribution in [0, 0.1) is 5.82 Å². The largest absolute Gasteiger partial charge is 0.491 e. The smallest absolute Gasteiger partial charge is 0.230 e. The van der Waals surface area contributed by atoms with E-state index in [0.29, 0.717) is 23.6 Å². The third kappa shape index (κ3) is 7.48. The standard InChI is InChI=1S/C21H26FNO2S/c1-16(2)25-19-10-5-7-17(13-19)8-6-12-23-21(24)15-26-14-18-9-3-4-11-20(18)22/h3-5,7,9-11,13,16H,6,8,12,14-15H2,1-2H3,(H,23,24). The molecule has 0 fully saturated rings. The number of carbonyl (C=O) groups is 1. The highest BCUT2D eigenvalue weighted by Crippen LogP contribution is 2.16. The van der Waals surface area contributed by atoms with Gasteiger partial charge in [-0.2, -0.15) is 0 Å². The summed E-state index contributed by atoms with van der Waals surface area (Å²) in [6, 6.07) is 14.7. The van der Waals surface area contributed by atoms with Crippen molar-refractivity contribution < 1.29 is 13.9 Å². The highest BCUT2D eigenvalue weighted by atomic mass is 32.2. The molecule has 0 aliphatic carbocycles. The molecule has 5 heteroatoms. The molecule has 3 nitrogen and oxygen atoms in total. The third-order valence-electron chi connectivity index (χ3n) is 3.68. The van der Waals surface area contributed by atoms with E-state index in [2.05, 4.69) is 11.4 Å². The Morgan fingerprint density at radius 1 is 1.19 bits per heavy atom. The zero-order valence-corrected chi connectivity index (χ0v) is 16.2. The minimum Gasteiger partial charge on any atom is -0.491 e. The number of halogens is 1. The first-order valence-electron chi connectivity index (χ1n) is 8.88. The Hall–Kier alpha value is -2.01. The summed E-state index contributed by atoms with van der Waals surface area (Å²) < 4.78 is 19.2. The molecule has 0 saturated carbocycles. The van der Waals surface area contributed by atoms with Gasteiger partial charge in [0.05, 0.1) is 11.9 Å². The molecule has 0 aliphatic rings. The normalized spacial score (nSPS) is 10.8. The van der Waals surface area contributed by atoms with Gasteiger partial charge in [-0.1, -0.05) is 30.3 Å². The van der Waals surface area contributed by atoms with Gasteiger partial charge in [0.1, 0.15) is 11.6 Å². The van der Waals surface area contributed by atoms with E-state index in [4.69, 9.17) is 4.74 Å². The van der Waals surface area contributed by atoms with Crippen LogP contribution in [0.3, 0.4) is 0 Å². The van der Waals surface area contributed by atoms with Crippen molar-refractivity contribution >= 4 is 17.7 Å². The maximum atomic E-state index is 13.5. The van der Waals surface area contributed by atoms with Crippen LogP contribution in [-0.2, 0) is 17.0 Å². The summed E-state index contributed by atoms with van der Waals surface area (Å²) in [5, 5.41) is 2.92. The lowest BCUT2D eigenvalue weighted by Gasteiger charge is -2.11. The van der Waals surface area contributed by atoms with Gasteiger partial charge in [-0.3, -0.25) is 4.79 Å². The Labute approximate surface area is 159 Å². The van der Waals surface area contributed by atoms with E-state index < -0.39 is 0 Å². The number of carbonyl (C=O) groups excluding carboxylic acids is 1. The Morgan fingerprint density at radius 2 is 2.00 bits per heavy atom. The molecule has 2 rings (SSSR count). The van der Waals surface area contributed by atoms with Crippen LogP contribution < -0.4 is 10.1 Å². The second-order valence-corrected chi connectivity index (χ2v) is 7.34. The molecule has 0 unspecified atom stereocenters. The van der Waals surface area contributed by atoms with Crippen LogP contribution in [0.5, 0.6) is 5.75 Å². The van der Waals surface area contributed by atoms with E-state index in [1.807, 2.05) is 32.0 Å². The van der Waals surface area contributed by atoms with E-state index in [1.165, 1.54) is 23.4 Å². The first-order chi connectivity index (χ1) is 12.5. The van der Waals surface area contributed by atoms with Gasteiger partial charge in [-0.25, -0.2) is 4.39 Å². The lowest BCUT2D eigenvalue weighted by Crippen LogP contribution is -2.26. The fraction of sp³-hybridized carbons (Fsp3) is 0.381. The number of ether oxygens (including phenoxy) is 1. The number of hydrogen-bond acceptors (Lipinski definition) is 3. The Morgan fingerprint density at radius 3 is 2.77 bits per heavy atom. The molecule has 1 N–H and O–H groups in total. The lowest BCUT2D eigenvalue weighted by atomic mass is 10.1. The van der Waals surface area contributed by atoms with Crippen molar-refractivity contribution in [1.82, 2.24) is 5.32 Å². The molecule has 0 bridgehead atoms. The number of amides is 1. The number of hydrogen-bond donors (Lipinski definition) is 1. The predicted molar refractivity (Wildman–Crippen MR) is 106 cm³/mol. The first-order valence-corrected chi connectivity index (χ1v) is 10.0. The molecule has 0 radical (unpaired) electrons. The topological polar surface area (TPSA) is 38.3 Å². The summed E-state index contributed by atoms with van der Waals surface area (Å²) in [5.41, 5.74) is 1.83. The van der Waals surface area contributed by atoms with Gasteiger partial charge in [0.25, 0.3) is 0 Å². The zero-order chi connectivity index (χ0) is 18.8. The molecular formula is C21H26FNO2S. The van der Waals surface area contributed by atoms with E-state index in [-0.39, 0.29) is 17.8 Å². The highest BCUT2D eigenvalue weighted by molar-refractivity contribution is 7.99. The highest BCUT2D eigenvalue weighted by Gasteiger charge is 2.05. The maximum absolute atomic E-state index is 13.5. The first kappa shape index (κ1) is 20.3. The summed E-state index contributed by atoms with van der Waals surface area (Å²) in [4.78, 5) is 11.9. The minimum atomic E-state index is -0.218. The number of rotatable bonds is 10. The van der Waals surface area contributed by atoms with Gasteiger partial charge >= 0.3 is 0 Å². The summed E-state index contributed by atoms with van der Waals surface area (Å²) in [6.45, 7) is 4.65. The molecule has 0 aliphatic heterocycles. The van der Waals surface area contributed by atoms with Crippen LogP contribution in [0.4, 0.5) is 4.39 Å². The van der Waals surface area contributed by atoms with Crippen molar-refractivity contribution in [1.29, 1.82) is 0 Å². The monoisotopic (exact) mass is 375 g/mol. The van der Waals surface area contributed by atoms with Gasteiger partial charge in [0.15, 0.2) is 0 Å². The lowest BCUT2D eigenvalue weighted by molar-refractivity contribution is -0.118. The van der Waals surface area contributed by atoms with Crippen molar-refractivity contribution in [2.45, 2.75) is 38.5 Å². The number of thioether (sulfide) groups is 1. The fourth-order valence-corrected chi connectivity index (χ4v) is 3.33. The van der Waals surface area contributed by atoms with E-state index >= 15 is 0 Å². The van der Waals surface area contributed by atoms with Crippen LogP contribution in [0.25, 0.3) is 0 Å². The van der Waals surface area contributed by atoms with Gasteiger partial charge in [0.2, 0.25) is 5.91 Å². The van der Waals surface area contributed by atoms with Crippen LogP contribution in [0.2, 0.25) is 0 Å². The molecule has 2 aromatic carbocycles. The second-order valence-electron chi connectivity index (χ2n) is 6.35. The quantitative estimate of drug-likeness (QED) is 0.617. The van der Waals surface area contributed by atoms with Gasteiger partial charge in [-0.15, -0.1) is 11.8 Å². The maximum Gasteiger partial charge on any atom is 0.230 e. The fourth-order valence-electron chi connectivity index (χ4n) is 2.49. The van der Waals surface area contributed by atoms with Crippen LogP contribution in [0.1, 0.15) is 31.4 Å². The van der Waals surface area contributed by atoms with Crippen molar-refractivity contribution in [2.75, 3.05) is 12.3 Å². The molecule has 0 atom stereocenters. The molecule has 26 heavy (non-hydrogen) atoms. The predicted octanol–water partition coefficient (Wildman–Crippen LogP) is 4.60. The Kier molecular flexibility index (Phi) is 8.48. The van der Waals surface area contributed by atoms with Crippen LogP contribution in [-0.4, -0.2) is 24.3 Å². The third-order valence-corrected chi connectivity index (χ3v) is 4.66. The van der Waals surface area contributed by atoms with Crippen molar-refractivity contribution in [2.24, 2.45) is 0 Å². The summed E-state index contributed by atoms with van der Waals surface area (Å²) in [7, 11) is 0. The average molecular weight is 376 g/mol. The minimum absolute atomic E-state index is 0.0109. The summed E-state index contributed by atoms with van der Waals surface area (Å²) >= 11 is 1.42. The molecular weight excluding hydrogens is 349 g/mol.